The number of benzene rings is 2. The average Bonchev–Trinajstić information content (AvgIpc) is 3.42. The highest BCUT2D eigenvalue weighted by Gasteiger charge is 2.44. The van der Waals surface area contributed by atoms with E-state index in [0.717, 1.165) is 41.7 Å². The van der Waals surface area contributed by atoms with Crippen LogP contribution in [0, 0.1) is 13.8 Å². The maximum atomic E-state index is 13.7. The first kappa shape index (κ1) is 21.7. The van der Waals surface area contributed by atoms with Gasteiger partial charge in [0.1, 0.15) is 11.3 Å². The van der Waals surface area contributed by atoms with Gasteiger partial charge in [0.05, 0.1) is 29.7 Å². The lowest BCUT2D eigenvalue weighted by molar-refractivity contribution is 0.0486. The minimum absolute atomic E-state index is 0.0352. The molecule has 2 atom stereocenters. The lowest BCUT2D eigenvalue weighted by atomic mass is 9.97. The Morgan fingerprint density at radius 2 is 1.85 bits per heavy atom. The van der Waals surface area contributed by atoms with Crippen molar-refractivity contribution in [3.8, 4) is 5.75 Å². The van der Waals surface area contributed by atoms with E-state index in [1.54, 1.807) is 4.90 Å². The third-order valence-corrected chi connectivity index (χ3v) is 6.68. The van der Waals surface area contributed by atoms with E-state index >= 15 is 0 Å². The van der Waals surface area contributed by atoms with Crippen LogP contribution >= 0.6 is 0 Å². The summed E-state index contributed by atoms with van der Waals surface area (Å²) < 4.78 is 17.6. The molecule has 1 aromatic heterocycles. The van der Waals surface area contributed by atoms with Crippen LogP contribution in [-0.2, 0) is 4.74 Å². The Labute approximate surface area is 193 Å². The van der Waals surface area contributed by atoms with Crippen molar-refractivity contribution in [2.75, 3.05) is 19.8 Å². The Bertz CT molecular complexity index is 1250. The Morgan fingerprint density at radius 3 is 2.55 bits per heavy atom. The summed E-state index contributed by atoms with van der Waals surface area (Å²) in [6.45, 7) is 7.78. The van der Waals surface area contributed by atoms with E-state index in [4.69, 9.17) is 13.9 Å². The molecule has 5 rings (SSSR count). The number of rotatable bonds is 6. The maximum absolute atomic E-state index is 13.7. The van der Waals surface area contributed by atoms with E-state index in [9.17, 15) is 9.59 Å². The first-order valence-corrected chi connectivity index (χ1v) is 11.7. The van der Waals surface area contributed by atoms with Crippen molar-refractivity contribution in [1.29, 1.82) is 0 Å². The predicted octanol–water partition coefficient (Wildman–Crippen LogP) is 4.92. The SMILES string of the molecule is CCCOc1ccc(C2c3c(oc4cc(C)c(C)cc4c3=O)C(=O)N2CC2CCCO2)cc1. The number of amides is 1. The summed E-state index contributed by atoms with van der Waals surface area (Å²) in [5.41, 5.74) is 3.62. The number of ether oxygens (including phenoxy) is 2. The number of hydrogen-bond donors (Lipinski definition) is 0. The van der Waals surface area contributed by atoms with Crippen LogP contribution in [0.1, 0.15) is 65.0 Å². The quantitative estimate of drug-likeness (QED) is 0.536. The largest absolute Gasteiger partial charge is 0.494 e. The fourth-order valence-electron chi connectivity index (χ4n) is 4.78. The summed E-state index contributed by atoms with van der Waals surface area (Å²) in [6.07, 6.45) is 2.77. The lowest BCUT2D eigenvalue weighted by Crippen LogP contribution is -2.36. The summed E-state index contributed by atoms with van der Waals surface area (Å²) in [7, 11) is 0. The first-order valence-electron chi connectivity index (χ1n) is 11.7. The number of aryl methyl sites for hydroxylation is 2. The van der Waals surface area contributed by atoms with Crippen LogP contribution in [0.3, 0.4) is 0 Å². The monoisotopic (exact) mass is 447 g/mol. The minimum atomic E-state index is -0.515. The molecule has 6 nitrogen and oxygen atoms in total. The van der Waals surface area contributed by atoms with Crippen LogP contribution in [0.25, 0.3) is 11.0 Å². The molecule has 0 radical (unpaired) electrons. The van der Waals surface area contributed by atoms with Crippen molar-refractivity contribution in [1.82, 2.24) is 4.90 Å². The van der Waals surface area contributed by atoms with Crippen LogP contribution < -0.4 is 10.2 Å². The highest BCUT2D eigenvalue weighted by atomic mass is 16.5. The van der Waals surface area contributed by atoms with E-state index in [-0.39, 0.29) is 23.2 Å². The number of carbonyl (C=O) groups is 1. The highest BCUT2D eigenvalue weighted by molar-refractivity contribution is 5.99. The van der Waals surface area contributed by atoms with Gasteiger partial charge in [-0.2, -0.15) is 0 Å². The number of nitrogens with zero attached hydrogens (tertiary/aromatic N) is 1. The van der Waals surface area contributed by atoms with Gasteiger partial charge < -0.3 is 18.8 Å². The molecule has 2 unspecified atom stereocenters. The Hall–Kier alpha value is -3.12. The van der Waals surface area contributed by atoms with Gasteiger partial charge in [-0.25, -0.2) is 0 Å². The molecule has 2 aliphatic heterocycles. The zero-order valence-corrected chi connectivity index (χ0v) is 19.3. The number of carbonyl (C=O) groups excluding carboxylic acids is 1. The molecular formula is C27H29NO5. The molecule has 0 saturated carbocycles. The molecule has 2 aliphatic rings. The first-order chi connectivity index (χ1) is 16.0. The Morgan fingerprint density at radius 1 is 1.09 bits per heavy atom. The molecule has 0 spiro atoms. The zero-order chi connectivity index (χ0) is 23.1. The smallest absolute Gasteiger partial charge is 0.291 e. The van der Waals surface area contributed by atoms with E-state index in [1.807, 2.05) is 50.2 Å². The van der Waals surface area contributed by atoms with Gasteiger partial charge in [0.2, 0.25) is 5.76 Å². The van der Waals surface area contributed by atoms with Crippen molar-refractivity contribution in [2.45, 2.75) is 52.2 Å². The van der Waals surface area contributed by atoms with Crippen LogP contribution in [0.5, 0.6) is 5.75 Å². The van der Waals surface area contributed by atoms with Crippen molar-refractivity contribution in [3.63, 3.8) is 0 Å². The fraction of sp³-hybridized carbons (Fsp3) is 0.407. The molecule has 33 heavy (non-hydrogen) atoms. The molecule has 1 amide bonds. The molecule has 172 valence electrons. The second kappa shape index (κ2) is 8.67. The predicted molar refractivity (Wildman–Crippen MR) is 126 cm³/mol. The standard InChI is InChI=1S/C27H29NO5/c1-4-11-31-19-9-7-18(8-10-19)24-23-25(29)21-13-16(2)17(3)14-22(21)33-26(23)27(30)28(24)15-20-6-5-12-32-20/h7-10,13-14,20,24H,4-6,11-12,15H2,1-3H3. The van der Waals surface area contributed by atoms with E-state index < -0.39 is 6.04 Å². The third-order valence-electron chi connectivity index (χ3n) is 6.68. The number of fused-ring (bicyclic) bond motifs is 2. The summed E-state index contributed by atoms with van der Waals surface area (Å²) in [5.74, 6) is 0.659. The molecule has 0 bridgehead atoms. The Balaban J connectivity index is 1.64. The van der Waals surface area contributed by atoms with Crippen molar-refractivity contribution >= 4 is 16.9 Å². The third kappa shape index (κ3) is 3.82. The van der Waals surface area contributed by atoms with Crippen LogP contribution in [0.2, 0.25) is 0 Å². The van der Waals surface area contributed by atoms with Gasteiger partial charge in [0.15, 0.2) is 5.43 Å². The molecule has 1 saturated heterocycles. The van der Waals surface area contributed by atoms with Crippen molar-refractivity contribution in [2.24, 2.45) is 0 Å². The van der Waals surface area contributed by atoms with Gasteiger partial charge in [-0.1, -0.05) is 19.1 Å². The van der Waals surface area contributed by atoms with Gasteiger partial charge in [0.25, 0.3) is 5.91 Å². The molecule has 6 heteroatoms. The van der Waals surface area contributed by atoms with E-state index in [2.05, 4.69) is 6.92 Å². The number of hydrogen-bond acceptors (Lipinski definition) is 5. The van der Waals surface area contributed by atoms with Gasteiger partial charge in [-0.15, -0.1) is 0 Å². The maximum Gasteiger partial charge on any atom is 0.291 e. The average molecular weight is 448 g/mol. The fourth-order valence-corrected chi connectivity index (χ4v) is 4.78. The summed E-state index contributed by atoms with van der Waals surface area (Å²) in [5, 5.41) is 0.511. The molecular weight excluding hydrogens is 418 g/mol. The second-order valence-electron chi connectivity index (χ2n) is 9.02. The van der Waals surface area contributed by atoms with Crippen LogP contribution in [-0.4, -0.2) is 36.7 Å². The molecule has 3 aromatic rings. The molecule has 0 aliphatic carbocycles. The molecule has 2 aromatic carbocycles. The van der Waals surface area contributed by atoms with E-state index in [0.29, 0.717) is 36.3 Å². The van der Waals surface area contributed by atoms with Gasteiger partial charge in [0, 0.05) is 13.2 Å². The van der Waals surface area contributed by atoms with Crippen molar-refractivity contribution in [3.05, 3.63) is 74.6 Å². The van der Waals surface area contributed by atoms with Gasteiger partial charge >= 0.3 is 0 Å². The summed E-state index contributed by atoms with van der Waals surface area (Å²) in [4.78, 5) is 29.0. The van der Waals surface area contributed by atoms with Crippen molar-refractivity contribution < 1.29 is 18.7 Å². The Kier molecular flexibility index (Phi) is 5.71. The zero-order valence-electron chi connectivity index (χ0n) is 19.3. The highest BCUT2D eigenvalue weighted by Crippen LogP contribution is 2.39. The molecule has 0 N–H and O–H groups in total. The van der Waals surface area contributed by atoms with E-state index in [1.165, 1.54) is 0 Å². The lowest BCUT2D eigenvalue weighted by Gasteiger charge is -2.27. The van der Waals surface area contributed by atoms with Gasteiger partial charge in [-0.3, -0.25) is 9.59 Å². The minimum Gasteiger partial charge on any atom is -0.494 e. The van der Waals surface area contributed by atoms with Crippen LogP contribution in [0.4, 0.5) is 0 Å². The summed E-state index contributed by atoms with van der Waals surface area (Å²) >= 11 is 0. The normalized spacial score (nSPS) is 20.0. The molecule has 1 fully saturated rings. The second-order valence-corrected chi connectivity index (χ2v) is 9.02. The topological polar surface area (TPSA) is 69.0 Å². The summed E-state index contributed by atoms with van der Waals surface area (Å²) in [6, 6.07) is 10.9. The van der Waals surface area contributed by atoms with Crippen LogP contribution in [0.15, 0.2) is 45.6 Å². The van der Waals surface area contributed by atoms with Gasteiger partial charge in [-0.05, 0) is 74.1 Å². The molecule has 3 heterocycles.